The fraction of sp³-hybridized carbons (Fsp3) is 0.500. The summed E-state index contributed by atoms with van der Waals surface area (Å²) in [6.07, 6.45) is 0.946. The molecule has 1 aromatic rings. The van der Waals surface area contributed by atoms with E-state index in [0.717, 1.165) is 0 Å². The monoisotopic (exact) mass is 246 g/mol. The molecule has 5 heteroatoms. The Morgan fingerprint density at radius 1 is 1.69 bits per heavy atom. The van der Waals surface area contributed by atoms with Crippen molar-refractivity contribution < 1.29 is 9.90 Å². The first-order chi connectivity index (χ1) is 6.07. The standard InChI is InChI=1S/C8H11BrN2O2/c1-5(2)11-8(7(13)4-12)6(9)3-10-11/h3-5,7,13H,1-2H3. The van der Waals surface area contributed by atoms with Gasteiger partial charge in [-0.2, -0.15) is 5.10 Å². The molecular formula is C8H11BrN2O2. The van der Waals surface area contributed by atoms with Gasteiger partial charge >= 0.3 is 0 Å². The van der Waals surface area contributed by atoms with E-state index < -0.39 is 6.10 Å². The number of aliphatic hydroxyl groups is 1. The number of carbonyl (C=O) groups excluding carboxylic acids is 1. The van der Waals surface area contributed by atoms with E-state index >= 15 is 0 Å². The molecule has 0 spiro atoms. The van der Waals surface area contributed by atoms with Crippen molar-refractivity contribution in [2.24, 2.45) is 0 Å². The lowest BCUT2D eigenvalue weighted by Crippen LogP contribution is -2.12. The smallest absolute Gasteiger partial charge is 0.154 e. The zero-order valence-corrected chi connectivity index (χ0v) is 9.02. The van der Waals surface area contributed by atoms with Crippen LogP contribution in [-0.4, -0.2) is 21.2 Å². The van der Waals surface area contributed by atoms with Crippen LogP contribution >= 0.6 is 15.9 Å². The minimum atomic E-state index is -1.11. The van der Waals surface area contributed by atoms with Gasteiger partial charge in [0, 0.05) is 6.04 Å². The Morgan fingerprint density at radius 2 is 2.31 bits per heavy atom. The molecule has 1 aromatic heterocycles. The summed E-state index contributed by atoms with van der Waals surface area (Å²) in [4.78, 5) is 10.4. The third kappa shape index (κ3) is 1.97. The topological polar surface area (TPSA) is 55.1 Å². The van der Waals surface area contributed by atoms with Gasteiger partial charge in [0.2, 0.25) is 0 Å². The molecule has 13 heavy (non-hydrogen) atoms. The maximum absolute atomic E-state index is 10.4. The zero-order valence-electron chi connectivity index (χ0n) is 7.44. The Bertz CT molecular complexity index is 309. The van der Waals surface area contributed by atoms with E-state index in [9.17, 15) is 9.90 Å². The maximum atomic E-state index is 10.4. The van der Waals surface area contributed by atoms with Gasteiger partial charge < -0.3 is 9.90 Å². The summed E-state index contributed by atoms with van der Waals surface area (Å²) in [7, 11) is 0. The number of halogens is 1. The van der Waals surface area contributed by atoms with Crippen molar-refractivity contribution in [1.29, 1.82) is 0 Å². The van der Waals surface area contributed by atoms with Gasteiger partial charge in [-0.25, -0.2) is 0 Å². The number of hydrogen-bond donors (Lipinski definition) is 1. The van der Waals surface area contributed by atoms with Crippen LogP contribution in [0.5, 0.6) is 0 Å². The first-order valence-corrected chi connectivity index (χ1v) is 4.73. The predicted octanol–water partition coefficient (Wildman–Crippen LogP) is 1.46. The van der Waals surface area contributed by atoms with Crippen LogP contribution in [0.4, 0.5) is 0 Å². The van der Waals surface area contributed by atoms with Crippen LogP contribution < -0.4 is 0 Å². The van der Waals surface area contributed by atoms with Crippen LogP contribution in [-0.2, 0) is 4.79 Å². The summed E-state index contributed by atoms with van der Waals surface area (Å²) in [6, 6.07) is 0.121. The quantitative estimate of drug-likeness (QED) is 0.822. The molecule has 1 unspecified atom stereocenters. The molecule has 0 saturated heterocycles. The Kier molecular flexibility index (Phi) is 3.22. The van der Waals surface area contributed by atoms with E-state index in [-0.39, 0.29) is 6.04 Å². The summed E-state index contributed by atoms with van der Waals surface area (Å²) in [5, 5.41) is 13.4. The van der Waals surface area contributed by atoms with E-state index in [1.807, 2.05) is 13.8 Å². The van der Waals surface area contributed by atoms with Crippen molar-refractivity contribution in [3.63, 3.8) is 0 Å². The Labute approximate surface area is 84.7 Å². The Morgan fingerprint density at radius 3 is 2.77 bits per heavy atom. The highest BCUT2D eigenvalue weighted by molar-refractivity contribution is 9.10. The molecule has 0 amide bonds. The molecule has 1 N–H and O–H groups in total. The number of rotatable bonds is 3. The van der Waals surface area contributed by atoms with Crippen LogP contribution in [0.25, 0.3) is 0 Å². The van der Waals surface area contributed by atoms with Gasteiger partial charge in [0.05, 0.1) is 16.4 Å². The Balaban J connectivity index is 3.15. The summed E-state index contributed by atoms with van der Waals surface area (Å²) in [5.41, 5.74) is 0.505. The summed E-state index contributed by atoms with van der Waals surface area (Å²) in [6.45, 7) is 3.86. The first kappa shape index (κ1) is 10.4. The molecule has 1 atom stereocenters. The van der Waals surface area contributed by atoms with Crippen LogP contribution in [0.3, 0.4) is 0 Å². The van der Waals surface area contributed by atoms with E-state index in [2.05, 4.69) is 21.0 Å². The van der Waals surface area contributed by atoms with Crippen molar-refractivity contribution in [2.75, 3.05) is 0 Å². The minimum absolute atomic E-state index is 0.121. The largest absolute Gasteiger partial charge is 0.379 e. The van der Waals surface area contributed by atoms with Crippen LogP contribution in [0, 0.1) is 0 Å². The van der Waals surface area contributed by atoms with Crippen molar-refractivity contribution in [1.82, 2.24) is 9.78 Å². The van der Waals surface area contributed by atoms with E-state index in [1.165, 1.54) is 0 Å². The summed E-state index contributed by atoms with van der Waals surface area (Å²) >= 11 is 3.22. The van der Waals surface area contributed by atoms with Crippen LogP contribution in [0.15, 0.2) is 10.7 Å². The summed E-state index contributed by atoms with van der Waals surface area (Å²) in [5.74, 6) is 0. The molecule has 0 bridgehead atoms. The number of nitrogens with zero attached hydrogens (tertiary/aromatic N) is 2. The minimum Gasteiger partial charge on any atom is -0.379 e. The molecule has 1 rings (SSSR count). The highest BCUT2D eigenvalue weighted by Crippen LogP contribution is 2.24. The number of hydrogen-bond acceptors (Lipinski definition) is 3. The lowest BCUT2D eigenvalue weighted by Gasteiger charge is -2.12. The zero-order chi connectivity index (χ0) is 10.0. The highest BCUT2D eigenvalue weighted by Gasteiger charge is 2.18. The molecule has 0 radical (unpaired) electrons. The normalized spacial score (nSPS) is 13.3. The lowest BCUT2D eigenvalue weighted by molar-refractivity contribution is -0.115. The van der Waals surface area contributed by atoms with Gasteiger partial charge in [0.1, 0.15) is 0 Å². The molecule has 0 saturated carbocycles. The van der Waals surface area contributed by atoms with Gasteiger partial charge in [-0.1, -0.05) is 0 Å². The molecule has 72 valence electrons. The van der Waals surface area contributed by atoms with Gasteiger partial charge in [-0.15, -0.1) is 0 Å². The number of aldehydes is 1. The third-order valence-electron chi connectivity index (χ3n) is 1.69. The van der Waals surface area contributed by atoms with Crippen LogP contribution in [0.1, 0.15) is 31.7 Å². The molecule has 0 aromatic carbocycles. The van der Waals surface area contributed by atoms with Gasteiger partial charge in [0.15, 0.2) is 12.4 Å². The predicted molar refractivity (Wildman–Crippen MR) is 51.3 cm³/mol. The first-order valence-electron chi connectivity index (χ1n) is 3.94. The van der Waals surface area contributed by atoms with Gasteiger partial charge in [0.25, 0.3) is 0 Å². The number of aromatic nitrogens is 2. The van der Waals surface area contributed by atoms with Crippen molar-refractivity contribution >= 4 is 22.2 Å². The lowest BCUT2D eigenvalue weighted by atomic mass is 10.2. The second-order valence-corrected chi connectivity index (χ2v) is 3.85. The third-order valence-corrected chi connectivity index (χ3v) is 2.30. The average Bonchev–Trinajstić information content (AvgIpc) is 2.46. The molecule has 0 aliphatic heterocycles. The molecule has 0 aliphatic carbocycles. The number of aliphatic hydroxyl groups excluding tert-OH is 1. The van der Waals surface area contributed by atoms with Crippen molar-refractivity contribution in [3.8, 4) is 0 Å². The molecular weight excluding hydrogens is 236 g/mol. The van der Waals surface area contributed by atoms with E-state index in [0.29, 0.717) is 16.5 Å². The van der Waals surface area contributed by atoms with E-state index in [1.54, 1.807) is 10.9 Å². The summed E-state index contributed by atoms with van der Waals surface area (Å²) < 4.78 is 2.27. The fourth-order valence-electron chi connectivity index (χ4n) is 1.10. The van der Waals surface area contributed by atoms with Crippen molar-refractivity contribution in [3.05, 3.63) is 16.4 Å². The van der Waals surface area contributed by atoms with Crippen molar-refractivity contribution in [2.45, 2.75) is 26.0 Å². The Hall–Kier alpha value is -0.680. The maximum Gasteiger partial charge on any atom is 0.154 e. The van der Waals surface area contributed by atoms with Gasteiger partial charge in [-0.3, -0.25) is 4.68 Å². The number of carbonyl (C=O) groups is 1. The second kappa shape index (κ2) is 4.02. The molecule has 1 heterocycles. The van der Waals surface area contributed by atoms with E-state index in [4.69, 9.17) is 0 Å². The SMILES string of the molecule is CC(C)n1ncc(Br)c1C(O)C=O. The van der Waals surface area contributed by atoms with Crippen LogP contribution in [0.2, 0.25) is 0 Å². The highest BCUT2D eigenvalue weighted by atomic mass is 79.9. The molecule has 0 fully saturated rings. The molecule has 4 nitrogen and oxygen atoms in total. The second-order valence-electron chi connectivity index (χ2n) is 3.00. The average molecular weight is 247 g/mol. The fourth-order valence-corrected chi connectivity index (χ4v) is 1.61. The van der Waals surface area contributed by atoms with Gasteiger partial charge in [-0.05, 0) is 29.8 Å². The molecule has 0 aliphatic rings.